The minimum atomic E-state index is -3.35. The molecule has 0 spiro atoms. The van der Waals surface area contributed by atoms with E-state index in [1.54, 1.807) is 56.2 Å². The van der Waals surface area contributed by atoms with Gasteiger partial charge in [-0.05, 0) is 64.1 Å². The van der Waals surface area contributed by atoms with Crippen LogP contribution in [-0.2, 0) is 45.1 Å². The van der Waals surface area contributed by atoms with E-state index >= 15 is 0 Å². The van der Waals surface area contributed by atoms with Crippen LogP contribution in [0, 0.1) is 6.92 Å². The van der Waals surface area contributed by atoms with E-state index in [1.165, 1.54) is 41.7 Å². The zero-order valence-electron chi connectivity index (χ0n) is 29.9. The van der Waals surface area contributed by atoms with Crippen molar-refractivity contribution in [1.82, 2.24) is 9.97 Å². The number of aromatic nitrogens is 2. The summed E-state index contributed by atoms with van der Waals surface area (Å²) in [6.45, 7) is 11.8. The summed E-state index contributed by atoms with van der Waals surface area (Å²) >= 11 is 2.79. The fourth-order valence-corrected chi connectivity index (χ4v) is 9.51. The van der Waals surface area contributed by atoms with Gasteiger partial charge in [0, 0.05) is 49.1 Å². The second-order valence-corrected chi connectivity index (χ2v) is 20.7. The van der Waals surface area contributed by atoms with Gasteiger partial charge in [0.15, 0.2) is 15.0 Å². The number of nitrogens with one attached hydrogen (secondary N) is 1. The standard InChI is InChI=1S/C25H31N2O8PS2.C8H14NO2PS/c1-6-33-36(4,29)15-19-16-37-25(26-19)27-24(28)18-11-21(34-17(2)14-32-3)13-22(12-18)35-20-7-9-23(10-8-20)38(5,30)31;1-4-11-12(3,10)5-8-6-13-7(2)9-8/h7-13,16-17H,6,14-15H2,1-5H3,(H,26,27,28);6H,4-5H2,1-3H3/t17-,36?;/m0./s1. The number of hydrogen-bond donors (Lipinski definition) is 1. The van der Waals surface area contributed by atoms with Crippen LogP contribution in [-0.4, -0.2) is 76.9 Å². The number of benzene rings is 2. The van der Waals surface area contributed by atoms with E-state index in [0.29, 0.717) is 54.1 Å². The molecular weight excluding hydrogens is 757 g/mol. The van der Waals surface area contributed by atoms with Crippen molar-refractivity contribution in [3.8, 4) is 17.2 Å². The van der Waals surface area contributed by atoms with Gasteiger partial charge in [-0.25, -0.2) is 18.4 Å². The first-order chi connectivity index (χ1) is 23.9. The molecule has 280 valence electrons. The van der Waals surface area contributed by atoms with E-state index in [1.807, 2.05) is 26.2 Å². The van der Waals surface area contributed by atoms with Crippen LogP contribution in [0.1, 0.15) is 47.5 Å². The molecule has 0 fully saturated rings. The topological polar surface area (TPSA) is 169 Å². The summed E-state index contributed by atoms with van der Waals surface area (Å²) in [4.78, 5) is 21.9. The monoisotopic (exact) mass is 801 g/mol. The van der Waals surface area contributed by atoms with Gasteiger partial charge in [-0.3, -0.25) is 19.2 Å². The lowest BCUT2D eigenvalue weighted by atomic mass is 10.2. The van der Waals surface area contributed by atoms with Gasteiger partial charge in [0.05, 0.1) is 53.4 Å². The maximum Gasteiger partial charge on any atom is 0.257 e. The molecule has 4 aromatic rings. The minimum absolute atomic E-state index is 0.166. The molecule has 18 heteroatoms. The highest BCUT2D eigenvalue weighted by atomic mass is 32.2. The highest BCUT2D eigenvalue weighted by molar-refractivity contribution is 7.90. The number of aryl methyl sites for hydroxylation is 1. The maximum absolute atomic E-state index is 13.1. The quantitative estimate of drug-likeness (QED) is 0.101. The van der Waals surface area contributed by atoms with Gasteiger partial charge in [0.2, 0.25) is 14.7 Å². The van der Waals surface area contributed by atoms with Gasteiger partial charge in [-0.15, -0.1) is 22.7 Å². The number of nitrogens with zero attached hydrogens (tertiary/aromatic N) is 2. The Morgan fingerprint density at radius 3 is 1.98 bits per heavy atom. The van der Waals surface area contributed by atoms with E-state index in [0.717, 1.165) is 17.0 Å². The second kappa shape index (κ2) is 19.2. The third-order valence-corrected chi connectivity index (χ3v) is 12.7. The van der Waals surface area contributed by atoms with Crippen molar-refractivity contribution in [2.45, 2.75) is 51.0 Å². The Kier molecular flexibility index (Phi) is 16.0. The molecule has 0 saturated heterocycles. The summed E-state index contributed by atoms with van der Waals surface area (Å²) in [6, 6.07) is 10.7. The molecule has 13 nitrogen and oxygen atoms in total. The van der Waals surface area contributed by atoms with Crippen molar-refractivity contribution in [1.29, 1.82) is 0 Å². The molecule has 0 saturated carbocycles. The largest absolute Gasteiger partial charge is 0.488 e. The van der Waals surface area contributed by atoms with Crippen LogP contribution in [0.25, 0.3) is 0 Å². The number of carbonyl (C=O) groups is 1. The first kappa shape index (κ1) is 42.5. The normalized spacial score (nSPS) is 14.4. The predicted octanol–water partition coefficient (Wildman–Crippen LogP) is 8.35. The van der Waals surface area contributed by atoms with E-state index < -0.39 is 30.5 Å². The number of carbonyl (C=O) groups excluding carboxylic acids is 1. The number of amides is 1. The molecule has 0 bridgehead atoms. The maximum atomic E-state index is 13.1. The third-order valence-electron chi connectivity index (χ3n) is 6.51. The van der Waals surface area contributed by atoms with Crippen LogP contribution in [0.2, 0.25) is 0 Å². The van der Waals surface area contributed by atoms with Gasteiger partial charge in [-0.2, -0.15) is 0 Å². The summed E-state index contributed by atoms with van der Waals surface area (Å²) in [5, 5.41) is 7.77. The second-order valence-electron chi connectivity index (χ2n) is 11.6. The molecule has 4 rings (SSSR count). The first-order valence-corrected chi connectivity index (χ1v) is 24.0. The molecule has 1 N–H and O–H groups in total. The highest BCUT2D eigenvalue weighted by Crippen LogP contribution is 2.47. The van der Waals surface area contributed by atoms with Gasteiger partial charge >= 0.3 is 0 Å². The Bertz CT molecular complexity index is 1950. The molecule has 2 heterocycles. The fourth-order valence-electron chi connectivity index (χ4n) is 4.53. The van der Waals surface area contributed by atoms with Crippen molar-refractivity contribution >= 4 is 58.3 Å². The number of anilines is 1. The molecule has 0 aliphatic carbocycles. The minimum Gasteiger partial charge on any atom is -0.488 e. The van der Waals surface area contributed by atoms with E-state index in [4.69, 9.17) is 23.3 Å². The van der Waals surface area contributed by atoms with Crippen LogP contribution in [0.3, 0.4) is 0 Å². The van der Waals surface area contributed by atoms with Crippen LogP contribution in [0.5, 0.6) is 17.2 Å². The Labute approximate surface area is 307 Å². The van der Waals surface area contributed by atoms with Crippen LogP contribution >= 0.6 is 37.4 Å². The Morgan fingerprint density at radius 2 is 1.45 bits per heavy atom. The number of methoxy groups -OCH3 is 1. The summed E-state index contributed by atoms with van der Waals surface area (Å²) < 4.78 is 75.1. The van der Waals surface area contributed by atoms with E-state index in [-0.39, 0.29) is 22.7 Å². The van der Waals surface area contributed by atoms with E-state index in [9.17, 15) is 22.3 Å². The molecule has 0 aliphatic rings. The van der Waals surface area contributed by atoms with Gasteiger partial charge in [-0.1, -0.05) is 0 Å². The van der Waals surface area contributed by atoms with Crippen LogP contribution in [0.4, 0.5) is 5.13 Å². The molecular formula is C33H45N3O10P2S3. The first-order valence-electron chi connectivity index (χ1n) is 15.8. The zero-order valence-corrected chi connectivity index (χ0v) is 34.1. The molecule has 3 atom stereocenters. The summed E-state index contributed by atoms with van der Waals surface area (Å²) in [7, 11) is -7.06. The summed E-state index contributed by atoms with van der Waals surface area (Å²) in [5.74, 6) is 0.632. The summed E-state index contributed by atoms with van der Waals surface area (Å²) in [6.07, 6.45) is 1.45. The lowest BCUT2D eigenvalue weighted by Crippen LogP contribution is -2.18. The summed E-state index contributed by atoms with van der Waals surface area (Å²) in [5.41, 5.74) is 1.69. The van der Waals surface area contributed by atoms with Crippen LogP contribution in [0.15, 0.2) is 58.1 Å². The van der Waals surface area contributed by atoms with Crippen molar-refractivity contribution < 1.29 is 45.6 Å². The van der Waals surface area contributed by atoms with Crippen LogP contribution < -0.4 is 14.8 Å². The van der Waals surface area contributed by atoms with E-state index in [2.05, 4.69) is 15.3 Å². The zero-order chi connectivity index (χ0) is 37.8. The average molecular weight is 802 g/mol. The molecule has 0 aliphatic heterocycles. The number of hydrogen-bond acceptors (Lipinski definition) is 14. The highest BCUT2D eigenvalue weighted by Gasteiger charge is 2.20. The third kappa shape index (κ3) is 14.9. The van der Waals surface area contributed by atoms with Gasteiger partial charge < -0.3 is 23.3 Å². The molecule has 1 amide bonds. The molecule has 0 radical (unpaired) electrons. The Morgan fingerprint density at radius 1 is 0.882 bits per heavy atom. The number of sulfone groups is 1. The van der Waals surface area contributed by atoms with Gasteiger partial charge in [0.1, 0.15) is 23.4 Å². The molecule has 51 heavy (non-hydrogen) atoms. The number of thiazole rings is 2. The van der Waals surface area contributed by atoms with Crippen molar-refractivity contribution in [2.75, 3.05) is 51.8 Å². The molecule has 2 aromatic heterocycles. The number of ether oxygens (including phenoxy) is 3. The van der Waals surface area contributed by atoms with Crippen molar-refractivity contribution in [3.63, 3.8) is 0 Å². The molecule has 2 unspecified atom stereocenters. The lowest BCUT2D eigenvalue weighted by molar-refractivity contribution is 0.0916. The van der Waals surface area contributed by atoms with Gasteiger partial charge in [0.25, 0.3) is 5.91 Å². The number of rotatable bonds is 17. The average Bonchev–Trinajstić information content (AvgIpc) is 3.63. The SMILES string of the molecule is CCOP(C)(=O)Cc1csc(C)n1.CCOP(C)(=O)Cc1csc(NC(=O)c2cc(Oc3ccc(S(C)(=O)=O)cc3)cc(O[C@@H](C)COC)c2)n1. The fraction of sp³-hybridized carbons (Fsp3) is 0.424. The smallest absolute Gasteiger partial charge is 0.257 e. The van der Waals surface area contributed by atoms with Crippen molar-refractivity contribution in [3.05, 3.63) is 75.2 Å². The predicted molar refractivity (Wildman–Crippen MR) is 203 cm³/mol. The Balaban J connectivity index is 0.000000453. The lowest BCUT2D eigenvalue weighted by Gasteiger charge is -2.16. The van der Waals surface area contributed by atoms with Crippen molar-refractivity contribution in [2.24, 2.45) is 0 Å². The Hall–Kier alpha value is -2.94. The molecule has 2 aromatic carbocycles.